The van der Waals surface area contributed by atoms with Crippen LogP contribution in [0.2, 0.25) is 0 Å². The average molecular weight is 196 g/mol. The van der Waals surface area contributed by atoms with Gasteiger partial charge in [0.1, 0.15) is 0 Å². The molecule has 0 fully saturated rings. The summed E-state index contributed by atoms with van der Waals surface area (Å²) in [4.78, 5) is 4.42. The monoisotopic (exact) mass is 196 g/mol. The molecular formula is C12H24N2. The fourth-order valence-corrected chi connectivity index (χ4v) is 1.18. The second kappa shape index (κ2) is 7.60. The number of hydrogen-bond donors (Lipinski definition) is 1. The third-order valence-electron chi connectivity index (χ3n) is 2.10. The fraction of sp³-hybridized carbons (Fsp3) is 0.750. The van der Waals surface area contributed by atoms with Crippen molar-refractivity contribution in [2.75, 3.05) is 6.54 Å². The van der Waals surface area contributed by atoms with E-state index in [0.29, 0.717) is 6.04 Å². The van der Waals surface area contributed by atoms with Gasteiger partial charge in [0, 0.05) is 24.0 Å². The predicted molar refractivity (Wildman–Crippen MR) is 64.9 cm³/mol. The number of nitrogens with one attached hydrogen (secondary N) is 1. The van der Waals surface area contributed by atoms with Gasteiger partial charge in [-0.2, -0.15) is 0 Å². The van der Waals surface area contributed by atoms with Gasteiger partial charge in [-0.05, 0) is 39.7 Å². The first kappa shape index (κ1) is 13.2. The number of aliphatic imine (C=N–C) groups is 1. The fourth-order valence-electron chi connectivity index (χ4n) is 1.18. The lowest BCUT2D eigenvalue weighted by molar-refractivity contribution is 0.596. The zero-order chi connectivity index (χ0) is 11.0. The molecular weight excluding hydrogens is 172 g/mol. The molecule has 1 unspecified atom stereocenters. The van der Waals surface area contributed by atoms with Crippen LogP contribution in [-0.2, 0) is 0 Å². The maximum Gasteiger partial charge on any atom is 0.0389 e. The van der Waals surface area contributed by atoms with Gasteiger partial charge in [-0.3, -0.25) is 4.99 Å². The van der Waals surface area contributed by atoms with Crippen molar-refractivity contribution >= 4 is 5.71 Å². The smallest absolute Gasteiger partial charge is 0.0389 e. The molecule has 0 aromatic rings. The van der Waals surface area contributed by atoms with E-state index in [4.69, 9.17) is 0 Å². The van der Waals surface area contributed by atoms with Crippen molar-refractivity contribution in [3.05, 3.63) is 11.8 Å². The molecule has 14 heavy (non-hydrogen) atoms. The third-order valence-corrected chi connectivity index (χ3v) is 2.10. The molecule has 0 aromatic carbocycles. The maximum absolute atomic E-state index is 4.42. The first-order chi connectivity index (χ1) is 6.60. The Labute approximate surface area is 88.5 Å². The largest absolute Gasteiger partial charge is 0.386 e. The van der Waals surface area contributed by atoms with E-state index in [0.717, 1.165) is 25.1 Å². The Bertz CT molecular complexity index is 204. The van der Waals surface area contributed by atoms with Crippen LogP contribution < -0.4 is 5.32 Å². The first-order valence-corrected chi connectivity index (χ1v) is 5.56. The molecule has 0 aliphatic heterocycles. The van der Waals surface area contributed by atoms with Crippen molar-refractivity contribution in [1.82, 2.24) is 5.32 Å². The van der Waals surface area contributed by atoms with E-state index in [-0.39, 0.29) is 0 Å². The number of allylic oxidation sites excluding steroid dienone is 2. The summed E-state index contributed by atoms with van der Waals surface area (Å²) >= 11 is 0. The summed E-state index contributed by atoms with van der Waals surface area (Å²) in [6, 6.07) is 0.547. The van der Waals surface area contributed by atoms with Crippen molar-refractivity contribution in [3.63, 3.8) is 0 Å². The summed E-state index contributed by atoms with van der Waals surface area (Å²) in [5.41, 5.74) is 2.32. The Kier molecular flexibility index (Phi) is 7.17. The molecule has 82 valence electrons. The second-order valence-electron chi connectivity index (χ2n) is 3.80. The van der Waals surface area contributed by atoms with Crippen LogP contribution in [-0.4, -0.2) is 18.3 Å². The second-order valence-corrected chi connectivity index (χ2v) is 3.80. The predicted octanol–water partition coefficient (Wildman–Crippen LogP) is 3.15. The van der Waals surface area contributed by atoms with Crippen LogP contribution in [0, 0.1) is 0 Å². The Balaban J connectivity index is 4.08. The van der Waals surface area contributed by atoms with E-state index in [9.17, 15) is 0 Å². The molecule has 0 saturated carbocycles. The van der Waals surface area contributed by atoms with Crippen LogP contribution in [0.3, 0.4) is 0 Å². The van der Waals surface area contributed by atoms with Crippen LogP contribution in [0.25, 0.3) is 0 Å². The lowest BCUT2D eigenvalue weighted by Gasteiger charge is -2.12. The summed E-state index contributed by atoms with van der Waals surface area (Å²) in [6.45, 7) is 11.6. The van der Waals surface area contributed by atoms with Crippen LogP contribution in [0.1, 0.15) is 47.5 Å². The molecule has 0 amide bonds. The van der Waals surface area contributed by atoms with Crippen LogP contribution in [0.4, 0.5) is 0 Å². The zero-order valence-electron chi connectivity index (χ0n) is 10.2. The molecule has 0 aromatic heterocycles. The molecule has 0 saturated heterocycles. The Morgan fingerprint density at radius 3 is 2.50 bits per heavy atom. The highest BCUT2D eigenvalue weighted by molar-refractivity contribution is 5.93. The SMILES string of the molecule is CCCN=C(C)/C=C(/C)NC(C)CC. The molecule has 0 aliphatic rings. The molecule has 0 radical (unpaired) electrons. The molecule has 1 atom stereocenters. The van der Waals surface area contributed by atoms with Gasteiger partial charge in [-0.25, -0.2) is 0 Å². The Morgan fingerprint density at radius 2 is 2.00 bits per heavy atom. The highest BCUT2D eigenvalue weighted by Gasteiger charge is 1.96. The molecule has 0 bridgehead atoms. The maximum atomic E-state index is 4.42. The lowest BCUT2D eigenvalue weighted by Crippen LogP contribution is -2.23. The summed E-state index contributed by atoms with van der Waals surface area (Å²) in [5.74, 6) is 0. The van der Waals surface area contributed by atoms with Crippen molar-refractivity contribution in [3.8, 4) is 0 Å². The van der Waals surface area contributed by atoms with Gasteiger partial charge in [0.05, 0.1) is 0 Å². The number of rotatable bonds is 6. The third kappa shape index (κ3) is 6.70. The Hall–Kier alpha value is -0.790. The minimum atomic E-state index is 0.547. The van der Waals surface area contributed by atoms with E-state index in [1.807, 2.05) is 0 Å². The van der Waals surface area contributed by atoms with E-state index in [2.05, 4.69) is 51.0 Å². The summed E-state index contributed by atoms with van der Waals surface area (Å²) in [5, 5.41) is 3.42. The lowest BCUT2D eigenvalue weighted by atomic mass is 10.2. The molecule has 2 nitrogen and oxygen atoms in total. The summed E-state index contributed by atoms with van der Waals surface area (Å²) in [6.07, 6.45) is 4.38. The molecule has 0 heterocycles. The highest BCUT2D eigenvalue weighted by Crippen LogP contribution is 1.96. The van der Waals surface area contributed by atoms with Gasteiger partial charge < -0.3 is 5.32 Å². The van der Waals surface area contributed by atoms with Gasteiger partial charge in [-0.15, -0.1) is 0 Å². The van der Waals surface area contributed by atoms with E-state index in [1.165, 1.54) is 5.70 Å². The molecule has 0 spiro atoms. The average Bonchev–Trinajstić information content (AvgIpc) is 2.14. The minimum Gasteiger partial charge on any atom is -0.386 e. The van der Waals surface area contributed by atoms with Crippen molar-refractivity contribution in [1.29, 1.82) is 0 Å². The van der Waals surface area contributed by atoms with Crippen molar-refractivity contribution in [2.24, 2.45) is 4.99 Å². The zero-order valence-corrected chi connectivity index (χ0v) is 10.2. The van der Waals surface area contributed by atoms with Crippen LogP contribution in [0.15, 0.2) is 16.8 Å². The summed E-state index contributed by atoms with van der Waals surface area (Å²) in [7, 11) is 0. The van der Waals surface area contributed by atoms with Crippen molar-refractivity contribution in [2.45, 2.75) is 53.5 Å². The quantitative estimate of drug-likeness (QED) is 0.648. The van der Waals surface area contributed by atoms with Gasteiger partial charge in [0.2, 0.25) is 0 Å². The Morgan fingerprint density at radius 1 is 1.36 bits per heavy atom. The standard InChI is InChI=1S/C12H24N2/c1-6-8-13-11(4)9-12(5)14-10(3)7-2/h9-10,14H,6-8H2,1-5H3/b12-9-,13-11?. The molecule has 0 rings (SSSR count). The first-order valence-electron chi connectivity index (χ1n) is 5.56. The van der Waals surface area contributed by atoms with E-state index >= 15 is 0 Å². The summed E-state index contributed by atoms with van der Waals surface area (Å²) < 4.78 is 0. The van der Waals surface area contributed by atoms with Gasteiger partial charge in [-0.1, -0.05) is 13.8 Å². The molecule has 1 N–H and O–H groups in total. The topological polar surface area (TPSA) is 24.4 Å². The van der Waals surface area contributed by atoms with Crippen molar-refractivity contribution < 1.29 is 0 Å². The van der Waals surface area contributed by atoms with Crippen LogP contribution >= 0.6 is 0 Å². The minimum absolute atomic E-state index is 0.547. The number of hydrogen-bond acceptors (Lipinski definition) is 2. The number of nitrogens with zero attached hydrogens (tertiary/aromatic N) is 1. The van der Waals surface area contributed by atoms with E-state index in [1.54, 1.807) is 0 Å². The van der Waals surface area contributed by atoms with E-state index < -0.39 is 0 Å². The van der Waals surface area contributed by atoms with Gasteiger partial charge >= 0.3 is 0 Å². The molecule has 0 aliphatic carbocycles. The van der Waals surface area contributed by atoms with Gasteiger partial charge in [0.25, 0.3) is 0 Å². The van der Waals surface area contributed by atoms with Gasteiger partial charge in [0.15, 0.2) is 0 Å². The van der Waals surface area contributed by atoms with Crippen LogP contribution in [0.5, 0.6) is 0 Å². The molecule has 2 heteroatoms. The highest BCUT2D eigenvalue weighted by atomic mass is 14.9. The normalized spacial score (nSPS) is 15.5.